The zero-order chi connectivity index (χ0) is 19.4. The number of thioether (sulfide) groups is 1. The molecule has 1 aromatic carbocycles. The quantitative estimate of drug-likeness (QED) is 0.464. The van der Waals surface area contributed by atoms with Crippen LogP contribution in [0.4, 0.5) is 5.69 Å². The fourth-order valence-corrected chi connectivity index (χ4v) is 4.70. The number of aromatic nitrogens is 2. The van der Waals surface area contributed by atoms with Crippen LogP contribution in [0.2, 0.25) is 0 Å². The van der Waals surface area contributed by atoms with E-state index in [1.54, 1.807) is 61.8 Å². The van der Waals surface area contributed by atoms with Crippen LogP contribution < -0.4 is 14.8 Å². The van der Waals surface area contributed by atoms with E-state index in [9.17, 15) is 4.79 Å². The van der Waals surface area contributed by atoms with Gasteiger partial charge in [0.05, 0.1) is 14.2 Å². The van der Waals surface area contributed by atoms with Gasteiger partial charge < -0.3 is 14.8 Å². The molecular formula is C19H21N3O3S2. The van der Waals surface area contributed by atoms with Crippen LogP contribution >= 0.6 is 23.1 Å². The van der Waals surface area contributed by atoms with Gasteiger partial charge in [-0.15, -0.1) is 23.1 Å². The third-order valence-corrected chi connectivity index (χ3v) is 6.27. The molecular weight excluding hydrogens is 382 g/mol. The summed E-state index contributed by atoms with van der Waals surface area (Å²) in [6.45, 7) is 4.18. The number of rotatable bonds is 7. The summed E-state index contributed by atoms with van der Waals surface area (Å²) >= 11 is 3.26. The first-order valence-corrected chi connectivity index (χ1v) is 10.2. The summed E-state index contributed by atoms with van der Waals surface area (Å²) in [6, 6.07) is 5.30. The second-order valence-corrected chi connectivity index (χ2v) is 8.15. The molecule has 1 amide bonds. The summed E-state index contributed by atoms with van der Waals surface area (Å²) in [5, 5.41) is 4.92. The molecule has 0 aliphatic heterocycles. The van der Waals surface area contributed by atoms with Crippen molar-refractivity contribution < 1.29 is 14.3 Å². The lowest BCUT2D eigenvalue weighted by atomic mass is 10.2. The van der Waals surface area contributed by atoms with E-state index < -0.39 is 0 Å². The molecule has 0 aliphatic rings. The molecule has 0 spiro atoms. The second kappa shape index (κ2) is 8.58. The van der Waals surface area contributed by atoms with Crippen molar-refractivity contribution in [2.24, 2.45) is 0 Å². The molecule has 0 radical (unpaired) electrons. The Morgan fingerprint density at radius 1 is 1.19 bits per heavy atom. The van der Waals surface area contributed by atoms with Gasteiger partial charge in [-0.3, -0.25) is 4.79 Å². The molecule has 6 nitrogen and oxygen atoms in total. The maximum absolute atomic E-state index is 12.3. The van der Waals surface area contributed by atoms with Crippen LogP contribution in [0.25, 0.3) is 10.2 Å². The number of nitrogens with zero attached hydrogens (tertiary/aromatic N) is 2. The molecule has 2 heterocycles. The van der Waals surface area contributed by atoms with Crippen molar-refractivity contribution in [2.45, 2.75) is 25.3 Å². The van der Waals surface area contributed by atoms with E-state index in [4.69, 9.17) is 9.47 Å². The van der Waals surface area contributed by atoms with Gasteiger partial charge in [-0.05, 0) is 31.5 Å². The van der Waals surface area contributed by atoms with Crippen LogP contribution in [-0.4, -0.2) is 35.8 Å². The number of aryl methyl sites for hydroxylation is 2. The summed E-state index contributed by atoms with van der Waals surface area (Å²) < 4.78 is 10.5. The number of thiophene rings is 1. The minimum atomic E-state index is -0.0572. The Morgan fingerprint density at radius 3 is 2.70 bits per heavy atom. The first-order valence-electron chi connectivity index (χ1n) is 8.39. The van der Waals surface area contributed by atoms with E-state index in [1.165, 1.54) is 10.4 Å². The molecule has 0 saturated carbocycles. The largest absolute Gasteiger partial charge is 0.493 e. The Kier molecular flexibility index (Phi) is 6.18. The predicted octanol–water partition coefficient (Wildman–Crippen LogP) is 4.45. The van der Waals surface area contributed by atoms with Gasteiger partial charge in [0.25, 0.3) is 0 Å². The molecule has 0 aliphatic carbocycles. The van der Waals surface area contributed by atoms with E-state index in [2.05, 4.69) is 29.1 Å². The average molecular weight is 404 g/mol. The molecule has 142 valence electrons. The van der Waals surface area contributed by atoms with Crippen molar-refractivity contribution in [2.75, 3.05) is 25.3 Å². The number of hydrogen-bond acceptors (Lipinski definition) is 7. The number of nitrogens with one attached hydrogen (secondary N) is 1. The van der Waals surface area contributed by atoms with E-state index in [0.29, 0.717) is 29.4 Å². The second-order valence-electron chi connectivity index (χ2n) is 5.86. The lowest BCUT2D eigenvalue weighted by molar-refractivity contribution is -0.115. The number of amides is 1. The highest BCUT2D eigenvalue weighted by Gasteiger charge is 2.13. The Bertz CT molecular complexity index is 972. The molecule has 0 unspecified atom stereocenters. The first kappa shape index (κ1) is 19.4. The molecule has 0 saturated heterocycles. The standard InChI is InChI=1S/C19H21N3O3S2/c1-11-12(2)27-19-17(11)18(20-10-21-19)26-8-7-16(23)22-13-5-6-14(24-3)15(9-13)25-4/h5-6,9-10H,7-8H2,1-4H3,(H,22,23). The van der Waals surface area contributed by atoms with Crippen molar-refractivity contribution in [3.8, 4) is 11.5 Å². The van der Waals surface area contributed by atoms with E-state index in [1.807, 2.05) is 0 Å². The third kappa shape index (κ3) is 4.33. The minimum Gasteiger partial charge on any atom is -0.493 e. The summed E-state index contributed by atoms with van der Waals surface area (Å²) in [5.41, 5.74) is 1.89. The van der Waals surface area contributed by atoms with Gasteiger partial charge in [-0.25, -0.2) is 9.97 Å². The van der Waals surface area contributed by atoms with Crippen LogP contribution in [0, 0.1) is 13.8 Å². The van der Waals surface area contributed by atoms with Crippen molar-refractivity contribution >= 4 is 44.9 Å². The SMILES string of the molecule is COc1ccc(NC(=O)CCSc2ncnc3sc(C)c(C)c23)cc1OC. The summed E-state index contributed by atoms with van der Waals surface area (Å²) in [5.74, 6) is 1.79. The van der Waals surface area contributed by atoms with Crippen molar-refractivity contribution in [1.82, 2.24) is 9.97 Å². The summed E-state index contributed by atoms with van der Waals surface area (Å²) in [6.07, 6.45) is 1.97. The highest BCUT2D eigenvalue weighted by atomic mass is 32.2. The Balaban J connectivity index is 1.61. The monoisotopic (exact) mass is 403 g/mol. The summed E-state index contributed by atoms with van der Waals surface area (Å²) in [4.78, 5) is 23.3. The van der Waals surface area contributed by atoms with Gasteiger partial charge in [0.15, 0.2) is 11.5 Å². The van der Waals surface area contributed by atoms with Crippen molar-refractivity contribution in [1.29, 1.82) is 0 Å². The maximum Gasteiger partial charge on any atom is 0.225 e. The van der Waals surface area contributed by atoms with Crippen LogP contribution in [0.15, 0.2) is 29.6 Å². The molecule has 1 N–H and O–H groups in total. The zero-order valence-corrected chi connectivity index (χ0v) is 17.3. The number of benzene rings is 1. The number of ether oxygens (including phenoxy) is 2. The number of methoxy groups -OCH3 is 2. The highest BCUT2D eigenvalue weighted by molar-refractivity contribution is 7.99. The van der Waals surface area contributed by atoms with Crippen LogP contribution in [0.1, 0.15) is 16.9 Å². The van der Waals surface area contributed by atoms with Crippen LogP contribution in [0.5, 0.6) is 11.5 Å². The number of fused-ring (bicyclic) bond motifs is 1. The lowest BCUT2D eigenvalue weighted by Gasteiger charge is -2.10. The number of anilines is 1. The number of hydrogen-bond donors (Lipinski definition) is 1. The van der Waals surface area contributed by atoms with Gasteiger partial charge in [-0.1, -0.05) is 0 Å². The minimum absolute atomic E-state index is 0.0572. The topological polar surface area (TPSA) is 73.3 Å². The molecule has 0 fully saturated rings. The molecule has 0 atom stereocenters. The number of carbonyl (C=O) groups is 1. The van der Waals surface area contributed by atoms with Gasteiger partial charge >= 0.3 is 0 Å². The van der Waals surface area contributed by atoms with Gasteiger partial charge in [0.1, 0.15) is 16.2 Å². The fraction of sp³-hybridized carbons (Fsp3) is 0.316. The molecule has 3 aromatic rings. The Morgan fingerprint density at radius 2 is 1.96 bits per heavy atom. The van der Waals surface area contributed by atoms with Gasteiger partial charge in [-0.2, -0.15) is 0 Å². The van der Waals surface area contributed by atoms with Crippen molar-refractivity contribution in [3.05, 3.63) is 35.0 Å². The number of carbonyl (C=O) groups excluding carboxylic acids is 1. The maximum atomic E-state index is 12.3. The third-order valence-electron chi connectivity index (χ3n) is 4.17. The molecule has 27 heavy (non-hydrogen) atoms. The van der Waals surface area contributed by atoms with E-state index in [-0.39, 0.29) is 5.91 Å². The smallest absolute Gasteiger partial charge is 0.225 e. The fourth-order valence-electron chi connectivity index (χ4n) is 2.64. The van der Waals surface area contributed by atoms with Gasteiger partial charge in [0, 0.05) is 34.2 Å². The molecule has 8 heteroatoms. The van der Waals surface area contributed by atoms with Crippen LogP contribution in [0.3, 0.4) is 0 Å². The molecule has 2 aromatic heterocycles. The van der Waals surface area contributed by atoms with Crippen molar-refractivity contribution in [3.63, 3.8) is 0 Å². The lowest BCUT2D eigenvalue weighted by Crippen LogP contribution is -2.12. The molecule has 0 bridgehead atoms. The van der Waals surface area contributed by atoms with E-state index in [0.717, 1.165) is 15.2 Å². The summed E-state index contributed by atoms with van der Waals surface area (Å²) in [7, 11) is 3.14. The van der Waals surface area contributed by atoms with Crippen LogP contribution in [-0.2, 0) is 4.79 Å². The van der Waals surface area contributed by atoms with Gasteiger partial charge in [0.2, 0.25) is 5.91 Å². The molecule has 3 rings (SSSR count). The van der Waals surface area contributed by atoms with E-state index >= 15 is 0 Å². The normalized spacial score (nSPS) is 10.8. The Labute approximate surface area is 166 Å². The highest BCUT2D eigenvalue weighted by Crippen LogP contribution is 2.34. The average Bonchev–Trinajstić information content (AvgIpc) is 2.96. The Hall–Kier alpha value is -2.32. The zero-order valence-electron chi connectivity index (χ0n) is 15.7. The predicted molar refractivity (Wildman–Crippen MR) is 110 cm³/mol. The first-order chi connectivity index (χ1) is 13.0.